The molecule has 88 heavy (non-hydrogen) atoms. The maximum absolute atomic E-state index is 2.69. The number of nitrogens with zero attached hydrogens (tertiary/aromatic N) is 3. The van der Waals surface area contributed by atoms with E-state index in [0.717, 1.165) is 117 Å². The van der Waals surface area contributed by atoms with Crippen molar-refractivity contribution in [1.82, 2.24) is 4.57 Å². The molecule has 0 unspecified atom stereocenters. The van der Waals surface area contributed by atoms with Gasteiger partial charge < -0.3 is 14.4 Å². The minimum absolute atomic E-state index is 0.190. The average molecular weight is 1120 g/mol. The largest absolute Gasteiger partial charge is 0.310 e. The Balaban J connectivity index is 1.05. The summed E-state index contributed by atoms with van der Waals surface area (Å²) in [7, 11) is 0. The highest BCUT2D eigenvalue weighted by Crippen LogP contribution is 2.55. The van der Waals surface area contributed by atoms with Gasteiger partial charge in [0.25, 0.3) is 6.71 Å². The molecule has 15 aromatic rings. The van der Waals surface area contributed by atoms with Crippen molar-refractivity contribution in [3.8, 4) is 83.6 Å². The molecule has 2 aliphatic heterocycles. The number of benzene rings is 14. The standard InChI is InChI=1S/C84H56BN3/c1-8-28-57(29-9-1)64-52-53-72-78(56-64)87(82-67(60-34-14-4-15-35-60)45-25-46-68(82)61-36-16-5-17-37-61)76-50-27-51-77-80(76)85(72)73-54-55-75-79(84(73)88(77)83-69(62-38-18-6-19-39-62)47-26-48-70(83)63-40-20-7-21-41-63)71-42-22-23-49-74(71)86(75)81-65(58-30-10-2-11-31-58)43-24-44-66(81)59-32-12-3-13-33-59/h1-56H. The van der Waals surface area contributed by atoms with Crippen LogP contribution < -0.4 is 26.2 Å². The van der Waals surface area contributed by atoms with Crippen LogP contribution in [0.25, 0.3) is 105 Å². The molecule has 1 aromatic heterocycles. The smallest absolute Gasteiger partial charge is 0.252 e. The summed E-state index contributed by atoms with van der Waals surface area (Å²) in [4.78, 5) is 5.32. The Bertz CT molecular complexity index is 4950. The van der Waals surface area contributed by atoms with Crippen molar-refractivity contribution in [2.45, 2.75) is 0 Å². The van der Waals surface area contributed by atoms with Gasteiger partial charge in [-0.2, -0.15) is 0 Å². The van der Waals surface area contributed by atoms with Gasteiger partial charge in [0.05, 0.1) is 33.8 Å². The fourth-order valence-electron chi connectivity index (χ4n) is 14.5. The summed E-state index contributed by atoms with van der Waals surface area (Å²) < 4.78 is 2.58. The molecule has 0 amide bonds. The lowest BCUT2D eigenvalue weighted by atomic mass is 9.33. The molecule has 0 saturated carbocycles. The fraction of sp³-hybridized carbons (Fsp3) is 0. The van der Waals surface area contributed by atoms with Gasteiger partial charge in [0.1, 0.15) is 0 Å². The van der Waals surface area contributed by atoms with Gasteiger partial charge in [-0.15, -0.1) is 0 Å². The number of hydrogen-bond acceptors (Lipinski definition) is 2. The van der Waals surface area contributed by atoms with Crippen LogP contribution in [0.5, 0.6) is 0 Å². The molecule has 2 aliphatic rings. The Labute approximate surface area is 513 Å². The van der Waals surface area contributed by atoms with Crippen LogP contribution in [-0.4, -0.2) is 11.3 Å². The Morgan fingerprint density at radius 3 is 1.03 bits per heavy atom. The molecular weight excluding hydrogens is 1060 g/mol. The second-order valence-corrected chi connectivity index (χ2v) is 23.0. The van der Waals surface area contributed by atoms with Gasteiger partial charge in [0, 0.05) is 61.2 Å². The normalized spacial score (nSPS) is 12.2. The lowest BCUT2D eigenvalue weighted by Crippen LogP contribution is -2.61. The van der Waals surface area contributed by atoms with E-state index in [1.54, 1.807) is 0 Å². The van der Waals surface area contributed by atoms with Gasteiger partial charge in [0.2, 0.25) is 0 Å². The molecule has 0 radical (unpaired) electrons. The van der Waals surface area contributed by atoms with Crippen molar-refractivity contribution in [2.24, 2.45) is 0 Å². The molecule has 410 valence electrons. The highest BCUT2D eigenvalue weighted by molar-refractivity contribution is 7.00. The lowest BCUT2D eigenvalue weighted by molar-refractivity contribution is 1.18. The van der Waals surface area contributed by atoms with Gasteiger partial charge in [0.15, 0.2) is 0 Å². The van der Waals surface area contributed by atoms with Crippen LogP contribution >= 0.6 is 0 Å². The summed E-state index contributed by atoms with van der Waals surface area (Å²) in [5.41, 5.74) is 30.2. The molecule has 0 spiro atoms. The van der Waals surface area contributed by atoms with Gasteiger partial charge in [-0.25, -0.2) is 0 Å². The third-order valence-corrected chi connectivity index (χ3v) is 18.2. The van der Waals surface area contributed by atoms with Crippen LogP contribution in [0.15, 0.2) is 340 Å². The lowest BCUT2D eigenvalue weighted by Gasteiger charge is -2.46. The quantitative estimate of drug-likeness (QED) is 0.126. The Kier molecular flexibility index (Phi) is 12.3. The first-order valence-electron chi connectivity index (χ1n) is 30.5. The summed E-state index contributed by atoms with van der Waals surface area (Å²) in [6, 6.07) is 126. The van der Waals surface area contributed by atoms with E-state index in [1.807, 2.05) is 0 Å². The van der Waals surface area contributed by atoms with Crippen molar-refractivity contribution < 1.29 is 0 Å². The fourth-order valence-corrected chi connectivity index (χ4v) is 14.5. The average Bonchev–Trinajstić information content (AvgIpc) is 1.34. The number of fused-ring (bicyclic) bond motifs is 8. The Hall–Kier alpha value is -11.5. The van der Waals surface area contributed by atoms with Gasteiger partial charge >= 0.3 is 0 Å². The minimum atomic E-state index is -0.190. The summed E-state index contributed by atoms with van der Waals surface area (Å²) in [5, 5.41) is 2.37. The molecule has 3 nitrogen and oxygen atoms in total. The van der Waals surface area contributed by atoms with Gasteiger partial charge in [-0.05, 0) is 91.2 Å². The first-order chi connectivity index (χ1) is 43.7. The van der Waals surface area contributed by atoms with E-state index in [9.17, 15) is 0 Å². The SMILES string of the molecule is c1ccc(-c2ccc3c(c2)N(c2c(-c4ccccc4)cccc2-c2ccccc2)c2cccc4c2B3c2ccc3c(c2N4c2c(-c4ccccc4)cccc2-c2ccccc2)c2ccccc2n3-c2c(-c3ccccc3)cccc2-c2ccccc2)cc1. The summed E-state index contributed by atoms with van der Waals surface area (Å²) in [6.45, 7) is -0.190. The molecular formula is C84H56BN3. The molecule has 0 saturated heterocycles. The van der Waals surface area contributed by atoms with E-state index in [-0.39, 0.29) is 6.71 Å². The Morgan fingerprint density at radius 1 is 0.216 bits per heavy atom. The van der Waals surface area contributed by atoms with Crippen LogP contribution in [-0.2, 0) is 0 Å². The zero-order valence-electron chi connectivity index (χ0n) is 48.3. The monoisotopic (exact) mass is 1120 g/mol. The molecule has 0 N–H and O–H groups in total. The zero-order valence-corrected chi connectivity index (χ0v) is 48.3. The maximum atomic E-state index is 2.69. The molecule has 0 bridgehead atoms. The van der Waals surface area contributed by atoms with Crippen LogP contribution in [0.2, 0.25) is 0 Å². The third-order valence-electron chi connectivity index (χ3n) is 18.2. The Morgan fingerprint density at radius 2 is 0.580 bits per heavy atom. The van der Waals surface area contributed by atoms with Crippen LogP contribution in [0.4, 0.5) is 34.1 Å². The molecule has 14 aromatic carbocycles. The predicted molar refractivity (Wildman–Crippen MR) is 373 cm³/mol. The second-order valence-electron chi connectivity index (χ2n) is 23.0. The number of aromatic nitrogens is 1. The van der Waals surface area contributed by atoms with Crippen LogP contribution in [0.3, 0.4) is 0 Å². The van der Waals surface area contributed by atoms with E-state index < -0.39 is 0 Å². The highest BCUT2D eigenvalue weighted by Gasteiger charge is 2.46. The van der Waals surface area contributed by atoms with Gasteiger partial charge in [-0.3, -0.25) is 0 Å². The highest BCUT2D eigenvalue weighted by atomic mass is 15.2. The van der Waals surface area contributed by atoms with Crippen molar-refractivity contribution in [1.29, 1.82) is 0 Å². The molecule has 0 fully saturated rings. The number of anilines is 6. The molecule has 0 aliphatic carbocycles. The molecule has 17 rings (SSSR count). The summed E-state index contributed by atoms with van der Waals surface area (Å²) >= 11 is 0. The summed E-state index contributed by atoms with van der Waals surface area (Å²) in [5.74, 6) is 0. The van der Waals surface area contributed by atoms with E-state index >= 15 is 0 Å². The van der Waals surface area contributed by atoms with E-state index in [4.69, 9.17) is 0 Å². The topological polar surface area (TPSA) is 11.4 Å². The van der Waals surface area contributed by atoms with E-state index in [1.165, 1.54) is 38.4 Å². The molecule has 0 atom stereocenters. The van der Waals surface area contributed by atoms with Crippen LogP contribution in [0.1, 0.15) is 0 Å². The van der Waals surface area contributed by atoms with E-state index in [0.29, 0.717) is 0 Å². The maximum Gasteiger partial charge on any atom is 0.252 e. The third kappa shape index (κ3) is 8.21. The van der Waals surface area contributed by atoms with E-state index in [2.05, 4.69) is 354 Å². The van der Waals surface area contributed by atoms with Crippen molar-refractivity contribution in [3.63, 3.8) is 0 Å². The second kappa shape index (κ2) is 21.3. The zero-order chi connectivity index (χ0) is 58.1. The van der Waals surface area contributed by atoms with Crippen molar-refractivity contribution >= 4 is 79.0 Å². The minimum Gasteiger partial charge on any atom is -0.310 e. The number of para-hydroxylation sites is 4. The predicted octanol–water partition coefficient (Wildman–Crippen LogP) is 20.5. The van der Waals surface area contributed by atoms with Crippen LogP contribution in [0, 0.1) is 0 Å². The molecule has 3 heterocycles. The van der Waals surface area contributed by atoms with Crippen molar-refractivity contribution in [2.75, 3.05) is 9.80 Å². The molecule has 4 heteroatoms. The number of hydrogen-bond donors (Lipinski definition) is 0. The first-order valence-corrected chi connectivity index (χ1v) is 30.5. The van der Waals surface area contributed by atoms with Crippen molar-refractivity contribution in [3.05, 3.63) is 340 Å². The first kappa shape index (κ1) is 51.0. The summed E-state index contributed by atoms with van der Waals surface area (Å²) in [6.07, 6.45) is 0. The van der Waals surface area contributed by atoms with Gasteiger partial charge in [-0.1, -0.05) is 309 Å². The number of rotatable bonds is 10.